The van der Waals surface area contributed by atoms with Crippen LogP contribution in [0.4, 0.5) is 0 Å². The SMILES string of the molecule is CCC(C)(CC(C)(C)C)C(=O)OC12CC3CC(C)(CC(O)(C3)C1)C2. The van der Waals surface area contributed by atoms with Gasteiger partial charge < -0.3 is 9.84 Å². The van der Waals surface area contributed by atoms with Crippen LogP contribution in [0.25, 0.3) is 0 Å². The monoisotopic (exact) mass is 336 g/mol. The highest BCUT2D eigenvalue weighted by Gasteiger charge is 2.63. The third kappa shape index (κ3) is 3.25. The summed E-state index contributed by atoms with van der Waals surface area (Å²) in [6.07, 6.45) is 7.11. The van der Waals surface area contributed by atoms with Gasteiger partial charge in [0.2, 0.25) is 0 Å². The Hall–Kier alpha value is -0.570. The van der Waals surface area contributed by atoms with Crippen molar-refractivity contribution in [2.45, 2.75) is 104 Å². The third-order valence-corrected chi connectivity index (χ3v) is 6.77. The summed E-state index contributed by atoms with van der Waals surface area (Å²) in [4.78, 5) is 13.2. The molecule has 4 aliphatic rings. The van der Waals surface area contributed by atoms with Crippen LogP contribution in [0.2, 0.25) is 0 Å². The van der Waals surface area contributed by atoms with E-state index in [0.717, 1.165) is 38.5 Å². The van der Waals surface area contributed by atoms with Crippen LogP contribution in [-0.2, 0) is 9.53 Å². The molecule has 0 aromatic carbocycles. The summed E-state index contributed by atoms with van der Waals surface area (Å²) < 4.78 is 6.28. The normalized spacial score (nSPS) is 43.5. The van der Waals surface area contributed by atoms with Crippen LogP contribution in [0.15, 0.2) is 0 Å². The van der Waals surface area contributed by atoms with E-state index in [9.17, 15) is 9.90 Å². The van der Waals surface area contributed by atoms with E-state index >= 15 is 0 Å². The molecule has 3 nitrogen and oxygen atoms in total. The van der Waals surface area contributed by atoms with Gasteiger partial charge in [0.05, 0.1) is 11.0 Å². The van der Waals surface area contributed by atoms with E-state index in [2.05, 4.69) is 41.5 Å². The average molecular weight is 337 g/mol. The lowest BCUT2D eigenvalue weighted by molar-refractivity contribution is -0.244. The van der Waals surface area contributed by atoms with Crippen molar-refractivity contribution in [1.29, 1.82) is 0 Å². The zero-order valence-electron chi connectivity index (χ0n) is 16.5. The maximum atomic E-state index is 13.2. The van der Waals surface area contributed by atoms with Crippen molar-refractivity contribution in [1.82, 2.24) is 0 Å². The molecular formula is C21H36O3. The molecule has 0 saturated heterocycles. The summed E-state index contributed by atoms with van der Waals surface area (Å²) in [5.74, 6) is 0.466. The Morgan fingerprint density at radius 3 is 2.29 bits per heavy atom. The smallest absolute Gasteiger partial charge is 0.312 e. The molecule has 0 radical (unpaired) electrons. The Bertz CT molecular complexity index is 514. The van der Waals surface area contributed by atoms with E-state index in [4.69, 9.17) is 4.74 Å². The van der Waals surface area contributed by atoms with Gasteiger partial charge in [-0.2, -0.15) is 0 Å². The first-order valence-electron chi connectivity index (χ1n) is 9.76. The van der Waals surface area contributed by atoms with Gasteiger partial charge in [0.25, 0.3) is 0 Å². The minimum absolute atomic E-state index is 0.0472. The molecule has 4 fully saturated rings. The molecule has 0 aliphatic heterocycles. The largest absolute Gasteiger partial charge is 0.459 e. The zero-order valence-corrected chi connectivity index (χ0v) is 16.5. The molecule has 24 heavy (non-hydrogen) atoms. The van der Waals surface area contributed by atoms with Crippen molar-refractivity contribution in [3.05, 3.63) is 0 Å². The van der Waals surface area contributed by atoms with Crippen LogP contribution in [0, 0.1) is 22.2 Å². The molecule has 3 heteroatoms. The summed E-state index contributed by atoms with van der Waals surface area (Å²) >= 11 is 0. The molecule has 4 saturated carbocycles. The molecule has 0 aromatic heterocycles. The second kappa shape index (κ2) is 5.22. The van der Waals surface area contributed by atoms with Gasteiger partial charge in [-0.3, -0.25) is 4.79 Å². The van der Waals surface area contributed by atoms with Gasteiger partial charge in [0.1, 0.15) is 5.60 Å². The van der Waals surface area contributed by atoms with E-state index < -0.39 is 16.6 Å². The fourth-order valence-corrected chi connectivity index (χ4v) is 6.71. The molecule has 5 unspecified atom stereocenters. The standard InChI is InChI=1S/C21H36O3/c1-7-19(6,11-17(2,3)4)16(22)24-21-10-15-8-18(5,13-21)12-20(23,9-15)14-21/h15,23H,7-14H2,1-6H3. The number of rotatable bonds is 4. The van der Waals surface area contributed by atoms with Crippen LogP contribution in [0.5, 0.6) is 0 Å². The molecule has 5 atom stereocenters. The van der Waals surface area contributed by atoms with Gasteiger partial charge in [-0.15, -0.1) is 0 Å². The van der Waals surface area contributed by atoms with E-state index in [1.807, 2.05) is 0 Å². The number of hydrogen-bond acceptors (Lipinski definition) is 3. The highest BCUT2D eigenvalue weighted by Crippen LogP contribution is 2.64. The topological polar surface area (TPSA) is 46.5 Å². The first-order chi connectivity index (χ1) is 10.8. The highest BCUT2D eigenvalue weighted by molar-refractivity contribution is 5.77. The fourth-order valence-electron chi connectivity index (χ4n) is 6.71. The quantitative estimate of drug-likeness (QED) is 0.746. The van der Waals surface area contributed by atoms with Crippen molar-refractivity contribution in [2.24, 2.45) is 22.2 Å². The highest BCUT2D eigenvalue weighted by atomic mass is 16.6. The Balaban J connectivity index is 1.81. The van der Waals surface area contributed by atoms with Crippen LogP contribution in [0.3, 0.4) is 0 Å². The number of carbonyl (C=O) groups is 1. The van der Waals surface area contributed by atoms with Crippen molar-refractivity contribution >= 4 is 5.97 Å². The molecule has 0 aromatic rings. The van der Waals surface area contributed by atoms with Crippen molar-refractivity contribution in [3.63, 3.8) is 0 Å². The van der Waals surface area contributed by atoms with Crippen molar-refractivity contribution < 1.29 is 14.6 Å². The number of aliphatic hydroxyl groups is 1. The summed E-state index contributed by atoms with van der Waals surface area (Å²) in [7, 11) is 0. The van der Waals surface area contributed by atoms with Gasteiger partial charge in [-0.05, 0) is 68.6 Å². The molecule has 1 N–H and O–H groups in total. The first-order valence-corrected chi connectivity index (χ1v) is 9.76. The van der Waals surface area contributed by atoms with Crippen molar-refractivity contribution in [3.8, 4) is 0 Å². The van der Waals surface area contributed by atoms with Gasteiger partial charge in [-0.1, -0.05) is 34.6 Å². The lowest BCUT2D eigenvalue weighted by Gasteiger charge is -2.63. The third-order valence-electron chi connectivity index (χ3n) is 6.77. The van der Waals surface area contributed by atoms with E-state index in [1.54, 1.807) is 0 Å². The maximum absolute atomic E-state index is 13.2. The van der Waals surface area contributed by atoms with E-state index in [-0.39, 0.29) is 16.8 Å². The minimum atomic E-state index is -0.610. The van der Waals surface area contributed by atoms with Crippen molar-refractivity contribution in [2.75, 3.05) is 0 Å². The fraction of sp³-hybridized carbons (Fsp3) is 0.952. The first kappa shape index (κ1) is 18.2. The van der Waals surface area contributed by atoms with Gasteiger partial charge in [-0.25, -0.2) is 0 Å². The van der Waals surface area contributed by atoms with Crippen LogP contribution < -0.4 is 0 Å². The second-order valence-corrected chi connectivity index (χ2v) is 11.3. The van der Waals surface area contributed by atoms with Crippen LogP contribution in [-0.4, -0.2) is 22.3 Å². The average Bonchev–Trinajstić information content (AvgIpc) is 2.31. The summed E-state index contributed by atoms with van der Waals surface area (Å²) in [5.41, 5.74) is -1.24. The Labute approximate surface area is 147 Å². The summed E-state index contributed by atoms with van der Waals surface area (Å²) in [6, 6.07) is 0. The zero-order chi connectivity index (χ0) is 18.0. The molecular weight excluding hydrogens is 300 g/mol. The lowest BCUT2D eigenvalue weighted by Crippen LogP contribution is -2.64. The maximum Gasteiger partial charge on any atom is 0.312 e. The Morgan fingerprint density at radius 1 is 1.12 bits per heavy atom. The summed E-state index contributed by atoms with van der Waals surface area (Å²) in [5, 5.41) is 11.0. The Kier molecular flexibility index (Phi) is 3.96. The second-order valence-electron chi connectivity index (χ2n) is 11.3. The predicted molar refractivity (Wildman–Crippen MR) is 95.5 cm³/mol. The van der Waals surface area contributed by atoms with Crippen LogP contribution >= 0.6 is 0 Å². The van der Waals surface area contributed by atoms with E-state index in [1.165, 1.54) is 6.42 Å². The summed E-state index contributed by atoms with van der Waals surface area (Å²) in [6.45, 7) is 13.0. The van der Waals surface area contributed by atoms with Gasteiger partial charge in [0.15, 0.2) is 0 Å². The molecule has 4 aliphatic carbocycles. The number of ether oxygens (including phenoxy) is 1. The predicted octanol–water partition coefficient (Wildman–Crippen LogP) is 4.86. The molecule has 0 heterocycles. The molecule has 4 bridgehead atoms. The number of esters is 1. The number of carbonyl (C=O) groups excluding carboxylic acids is 1. The molecule has 4 rings (SSSR count). The molecule has 138 valence electrons. The van der Waals surface area contributed by atoms with E-state index in [0.29, 0.717) is 12.3 Å². The number of hydrogen-bond donors (Lipinski definition) is 1. The van der Waals surface area contributed by atoms with Gasteiger partial charge >= 0.3 is 5.97 Å². The van der Waals surface area contributed by atoms with Gasteiger partial charge in [0, 0.05) is 6.42 Å². The minimum Gasteiger partial charge on any atom is -0.459 e. The lowest BCUT2D eigenvalue weighted by atomic mass is 9.47. The Morgan fingerprint density at radius 2 is 1.79 bits per heavy atom. The molecule has 0 amide bonds. The molecule has 0 spiro atoms. The van der Waals surface area contributed by atoms with Crippen LogP contribution in [0.1, 0.15) is 92.9 Å².